The van der Waals surface area contributed by atoms with Crippen molar-refractivity contribution in [1.29, 1.82) is 0 Å². The van der Waals surface area contributed by atoms with E-state index in [1.54, 1.807) is 6.20 Å². The van der Waals surface area contributed by atoms with Gasteiger partial charge in [-0.15, -0.1) is 10.2 Å². The van der Waals surface area contributed by atoms with Crippen LogP contribution in [-0.2, 0) is 0 Å². The minimum Gasteiger partial charge on any atom is -0.315 e. The molecular weight excluding hydrogens is 308 g/mol. The number of pyridine rings is 2. The first kappa shape index (κ1) is 13.8. The van der Waals surface area contributed by atoms with Crippen LogP contribution in [0.15, 0.2) is 42.7 Å². The van der Waals surface area contributed by atoms with Crippen LogP contribution < -0.4 is 5.32 Å². The van der Waals surface area contributed by atoms with E-state index in [-0.39, 0.29) is 0 Å². The molecule has 0 atom stereocenters. The summed E-state index contributed by atoms with van der Waals surface area (Å²) in [6, 6.07) is 9.98. The zero-order chi connectivity index (χ0) is 15.8. The number of anilines is 2. The summed E-state index contributed by atoms with van der Waals surface area (Å²) in [4.78, 5) is 8.97. The molecule has 0 spiro atoms. The molecule has 7 heteroatoms. The second-order valence-corrected chi connectivity index (χ2v) is 6.34. The second kappa shape index (κ2) is 5.44. The SMILES string of the molecule is Cc1nnc(Nc2cc(-c3c(C)nc4ccccn34)ccn2)s1. The first-order valence-electron chi connectivity index (χ1n) is 7.18. The Hall–Kier alpha value is -2.80. The number of hydrogen-bond acceptors (Lipinski definition) is 6. The molecule has 0 radical (unpaired) electrons. The number of nitrogens with one attached hydrogen (secondary N) is 1. The molecule has 4 aromatic heterocycles. The molecule has 4 heterocycles. The number of aromatic nitrogens is 5. The minimum absolute atomic E-state index is 0.738. The Morgan fingerprint density at radius 1 is 1.13 bits per heavy atom. The van der Waals surface area contributed by atoms with Gasteiger partial charge in [0.1, 0.15) is 16.5 Å². The van der Waals surface area contributed by atoms with Crippen molar-refractivity contribution in [2.75, 3.05) is 5.32 Å². The molecule has 4 aromatic rings. The number of nitrogens with zero attached hydrogens (tertiary/aromatic N) is 5. The molecule has 114 valence electrons. The Kier molecular flexibility index (Phi) is 3.27. The number of rotatable bonds is 3. The molecule has 0 aliphatic heterocycles. The van der Waals surface area contributed by atoms with Gasteiger partial charge < -0.3 is 5.32 Å². The number of imidazole rings is 1. The van der Waals surface area contributed by atoms with E-state index >= 15 is 0 Å². The summed E-state index contributed by atoms with van der Waals surface area (Å²) < 4.78 is 2.09. The van der Waals surface area contributed by atoms with E-state index in [9.17, 15) is 0 Å². The molecule has 6 nitrogen and oxygen atoms in total. The maximum Gasteiger partial charge on any atom is 0.211 e. The third-order valence-corrected chi connectivity index (χ3v) is 4.25. The highest BCUT2D eigenvalue weighted by atomic mass is 32.1. The Balaban J connectivity index is 1.77. The van der Waals surface area contributed by atoms with E-state index in [0.717, 1.165) is 38.6 Å². The van der Waals surface area contributed by atoms with E-state index in [1.807, 2.05) is 50.4 Å². The van der Waals surface area contributed by atoms with Gasteiger partial charge in [0.05, 0.1) is 11.4 Å². The molecule has 4 rings (SSSR count). The predicted molar refractivity (Wildman–Crippen MR) is 91.1 cm³/mol. The fourth-order valence-corrected chi connectivity index (χ4v) is 3.16. The molecule has 0 unspecified atom stereocenters. The van der Waals surface area contributed by atoms with Crippen LogP contribution in [0, 0.1) is 13.8 Å². The molecule has 0 saturated carbocycles. The van der Waals surface area contributed by atoms with Crippen LogP contribution in [0.2, 0.25) is 0 Å². The Labute approximate surface area is 136 Å². The van der Waals surface area contributed by atoms with Crippen molar-refractivity contribution in [2.24, 2.45) is 0 Å². The van der Waals surface area contributed by atoms with Crippen LogP contribution >= 0.6 is 11.3 Å². The summed E-state index contributed by atoms with van der Waals surface area (Å²) in [6.45, 7) is 3.94. The molecule has 0 fully saturated rings. The maximum atomic E-state index is 4.61. The van der Waals surface area contributed by atoms with Gasteiger partial charge in [-0.25, -0.2) is 9.97 Å². The molecule has 23 heavy (non-hydrogen) atoms. The number of hydrogen-bond donors (Lipinski definition) is 1. The topological polar surface area (TPSA) is 68.0 Å². The van der Waals surface area contributed by atoms with Crippen LogP contribution in [0.5, 0.6) is 0 Å². The van der Waals surface area contributed by atoms with Crippen LogP contribution in [0.1, 0.15) is 10.7 Å². The van der Waals surface area contributed by atoms with Gasteiger partial charge >= 0.3 is 0 Å². The first-order valence-corrected chi connectivity index (χ1v) is 7.99. The van der Waals surface area contributed by atoms with Crippen LogP contribution in [-0.4, -0.2) is 24.6 Å². The average molecular weight is 322 g/mol. The lowest BCUT2D eigenvalue weighted by atomic mass is 10.1. The van der Waals surface area contributed by atoms with Crippen molar-refractivity contribution in [3.8, 4) is 11.3 Å². The van der Waals surface area contributed by atoms with Gasteiger partial charge in [-0.1, -0.05) is 17.4 Å². The highest BCUT2D eigenvalue weighted by Gasteiger charge is 2.11. The van der Waals surface area contributed by atoms with Gasteiger partial charge in [-0.05, 0) is 38.1 Å². The number of fused-ring (bicyclic) bond motifs is 1. The minimum atomic E-state index is 0.738. The van der Waals surface area contributed by atoms with Crippen molar-refractivity contribution in [2.45, 2.75) is 13.8 Å². The van der Waals surface area contributed by atoms with E-state index in [1.165, 1.54) is 11.3 Å². The summed E-state index contributed by atoms with van der Waals surface area (Å²) >= 11 is 1.50. The summed E-state index contributed by atoms with van der Waals surface area (Å²) in [5.41, 5.74) is 4.05. The largest absolute Gasteiger partial charge is 0.315 e. The van der Waals surface area contributed by atoms with E-state index in [4.69, 9.17) is 0 Å². The lowest BCUT2D eigenvalue weighted by molar-refractivity contribution is 1.05. The highest BCUT2D eigenvalue weighted by Crippen LogP contribution is 2.27. The molecule has 0 saturated heterocycles. The average Bonchev–Trinajstić information content (AvgIpc) is 3.09. The van der Waals surface area contributed by atoms with Crippen molar-refractivity contribution in [3.05, 3.63) is 53.4 Å². The third-order valence-electron chi connectivity index (χ3n) is 3.50. The van der Waals surface area contributed by atoms with Gasteiger partial charge in [0.2, 0.25) is 5.13 Å². The number of aryl methyl sites for hydroxylation is 2. The van der Waals surface area contributed by atoms with Gasteiger partial charge in [0.25, 0.3) is 0 Å². The van der Waals surface area contributed by atoms with Gasteiger partial charge in [-0.2, -0.15) is 0 Å². The molecule has 0 bridgehead atoms. The monoisotopic (exact) mass is 322 g/mol. The van der Waals surface area contributed by atoms with Gasteiger partial charge in [0, 0.05) is 18.0 Å². The zero-order valence-electron chi connectivity index (χ0n) is 12.7. The Morgan fingerprint density at radius 3 is 2.87 bits per heavy atom. The molecule has 0 aliphatic rings. The summed E-state index contributed by atoms with van der Waals surface area (Å²) in [6.07, 6.45) is 3.81. The fraction of sp³-hybridized carbons (Fsp3) is 0.125. The van der Waals surface area contributed by atoms with Crippen LogP contribution in [0.3, 0.4) is 0 Å². The second-order valence-electron chi connectivity index (χ2n) is 5.16. The first-order chi connectivity index (χ1) is 11.2. The van der Waals surface area contributed by atoms with Crippen molar-refractivity contribution in [3.63, 3.8) is 0 Å². The molecule has 0 aromatic carbocycles. The zero-order valence-corrected chi connectivity index (χ0v) is 13.5. The standard InChI is InChI=1S/C16H14N6S/c1-10-15(22-8-4-3-5-14(22)18-10)12-6-7-17-13(9-12)19-16-21-20-11(2)23-16/h3-9H,1-2H3,(H,17,19,21). The molecule has 0 amide bonds. The Morgan fingerprint density at radius 2 is 2.04 bits per heavy atom. The lowest BCUT2D eigenvalue weighted by Crippen LogP contribution is -1.95. The summed E-state index contributed by atoms with van der Waals surface area (Å²) in [5.74, 6) is 0.740. The normalized spacial score (nSPS) is 11.0. The van der Waals surface area contributed by atoms with Crippen molar-refractivity contribution in [1.82, 2.24) is 24.6 Å². The van der Waals surface area contributed by atoms with E-state index in [0.29, 0.717) is 0 Å². The maximum absolute atomic E-state index is 4.61. The summed E-state index contributed by atoms with van der Waals surface area (Å²) in [7, 11) is 0. The van der Waals surface area contributed by atoms with E-state index in [2.05, 4.69) is 29.9 Å². The van der Waals surface area contributed by atoms with Gasteiger partial charge in [-0.3, -0.25) is 4.40 Å². The van der Waals surface area contributed by atoms with Gasteiger partial charge in [0.15, 0.2) is 0 Å². The highest BCUT2D eigenvalue weighted by molar-refractivity contribution is 7.15. The third kappa shape index (κ3) is 2.55. The fourth-order valence-electron chi connectivity index (χ4n) is 2.56. The van der Waals surface area contributed by atoms with Crippen molar-refractivity contribution < 1.29 is 0 Å². The lowest BCUT2D eigenvalue weighted by Gasteiger charge is -2.06. The van der Waals surface area contributed by atoms with E-state index < -0.39 is 0 Å². The smallest absolute Gasteiger partial charge is 0.211 e. The van der Waals surface area contributed by atoms with Crippen molar-refractivity contribution >= 4 is 27.9 Å². The molecule has 0 aliphatic carbocycles. The Bertz CT molecular complexity index is 987. The predicted octanol–water partition coefficient (Wildman–Crippen LogP) is 3.61. The quantitative estimate of drug-likeness (QED) is 0.624. The molecule has 1 N–H and O–H groups in total. The summed E-state index contributed by atoms with van der Waals surface area (Å²) in [5, 5.41) is 12.9. The van der Waals surface area contributed by atoms with Crippen LogP contribution in [0.4, 0.5) is 10.9 Å². The van der Waals surface area contributed by atoms with Crippen LogP contribution in [0.25, 0.3) is 16.9 Å². The molecular formula is C16H14N6S.